The average molecular weight is 291 g/mol. The predicted molar refractivity (Wildman–Crippen MR) is 69.2 cm³/mol. The largest absolute Gasteiger partial charge is 0.389 e. The molecular formula is C13H14ClF3N2. The van der Waals surface area contributed by atoms with E-state index in [9.17, 15) is 13.2 Å². The van der Waals surface area contributed by atoms with Crippen molar-refractivity contribution >= 4 is 17.3 Å². The highest BCUT2D eigenvalue weighted by atomic mass is 35.5. The van der Waals surface area contributed by atoms with E-state index in [1.165, 1.54) is 0 Å². The number of nitrogens with one attached hydrogen (secondary N) is 1. The van der Waals surface area contributed by atoms with Crippen LogP contribution in [0.4, 0.5) is 18.9 Å². The summed E-state index contributed by atoms with van der Waals surface area (Å²) in [7, 11) is 0. The lowest BCUT2D eigenvalue weighted by Crippen LogP contribution is -2.17. The number of alkyl halides is 3. The molecule has 0 aliphatic heterocycles. The minimum absolute atomic E-state index is 0.0627. The number of nitrogens with zero attached hydrogens (tertiary/aromatic N) is 1. The van der Waals surface area contributed by atoms with Crippen LogP contribution in [0.3, 0.4) is 0 Å². The first-order valence-corrected chi connectivity index (χ1v) is 6.22. The van der Waals surface area contributed by atoms with E-state index in [0.717, 1.165) is 0 Å². The zero-order valence-corrected chi connectivity index (χ0v) is 11.1. The molecule has 0 spiro atoms. The maximum atomic E-state index is 12.0. The van der Waals surface area contributed by atoms with E-state index in [4.69, 9.17) is 16.9 Å². The molecule has 1 rings (SSSR count). The Labute approximate surface area is 115 Å². The number of benzene rings is 1. The van der Waals surface area contributed by atoms with Crippen molar-refractivity contribution in [2.45, 2.75) is 38.4 Å². The third kappa shape index (κ3) is 5.84. The third-order valence-electron chi connectivity index (χ3n) is 2.59. The van der Waals surface area contributed by atoms with Gasteiger partial charge in [-0.15, -0.1) is 0 Å². The molecule has 0 radical (unpaired) electrons. The highest BCUT2D eigenvalue weighted by Crippen LogP contribution is 2.26. The Hall–Kier alpha value is -1.41. The first-order chi connectivity index (χ1) is 8.81. The fourth-order valence-electron chi connectivity index (χ4n) is 1.65. The molecule has 0 saturated heterocycles. The Balaban J connectivity index is 2.53. The summed E-state index contributed by atoms with van der Waals surface area (Å²) in [6, 6.07) is 6.60. The second-order valence-electron chi connectivity index (χ2n) is 4.36. The first-order valence-electron chi connectivity index (χ1n) is 5.85. The van der Waals surface area contributed by atoms with Gasteiger partial charge < -0.3 is 5.32 Å². The number of anilines is 1. The molecule has 19 heavy (non-hydrogen) atoms. The lowest BCUT2D eigenvalue weighted by atomic mass is 10.1. The maximum absolute atomic E-state index is 12.0. The van der Waals surface area contributed by atoms with Crippen molar-refractivity contribution in [3.8, 4) is 6.07 Å². The Morgan fingerprint density at radius 1 is 1.42 bits per heavy atom. The second kappa shape index (κ2) is 6.67. The summed E-state index contributed by atoms with van der Waals surface area (Å²) in [5, 5.41) is 12.2. The van der Waals surface area contributed by atoms with E-state index < -0.39 is 12.6 Å². The van der Waals surface area contributed by atoms with Crippen molar-refractivity contribution in [3.05, 3.63) is 28.8 Å². The van der Waals surface area contributed by atoms with Gasteiger partial charge in [-0.2, -0.15) is 18.4 Å². The molecular weight excluding hydrogens is 277 g/mol. The van der Waals surface area contributed by atoms with E-state index in [1.807, 2.05) is 6.07 Å². The molecule has 6 heteroatoms. The van der Waals surface area contributed by atoms with Gasteiger partial charge in [0.25, 0.3) is 0 Å². The van der Waals surface area contributed by atoms with Crippen LogP contribution in [0.5, 0.6) is 0 Å². The number of hydrogen-bond donors (Lipinski definition) is 1. The molecule has 0 heterocycles. The standard InChI is InChI=1S/C13H14ClF3N2/c1-9(3-2-6-13(15,16)17)19-12-7-10(8-18)4-5-11(12)14/h4-5,7,9,19H,2-3,6H2,1H3. The molecule has 2 nitrogen and oxygen atoms in total. The van der Waals surface area contributed by atoms with Gasteiger partial charge in [0.15, 0.2) is 0 Å². The van der Waals surface area contributed by atoms with Gasteiger partial charge in [0.2, 0.25) is 0 Å². The predicted octanol–water partition coefficient (Wildman–Crippen LogP) is 4.74. The van der Waals surface area contributed by atoms with Crippen LogP contribution >= 0.6 is 11.6 Å². The summed E-state index contributed by atoms with van der Waals surface area (Å²) in [5.74, 6) is 0. The Morgan fingerprint density at radius 2 is 2.11 bits per heavy atom. The highest BCUT2D eigenvalue weighted by Gasteiger charge is 2.26. The number of halogens is 4. The van der Waals surface area contributed by atoms with Crippen molar-refractivity contribution in [2.24, 2.45) is 0 Å². The zero-order chi connectivity index (χ0) is 14.5. The Morgan fingerprint density at radius 3 is 2.68 bits per heavy atom. The normalized spacial score (nSPS) is 12.8. The molecule has 0 saturated carbocycles. The SMILES string of the molecule is CC(CCCC(F)(F)F)Nc1cc(C#N)ccc1Cl. The van der Waals surface area contributed by atoms with E-state index in [0.29, 0.717) is 22.7 Å². The first kappa shape index (κ1) is 15.6. The monoisotopic (exact) mass is 290 g/mol. The lowest BCUT2D eigenvalue weighted by molar-refractivity contribution is -0.135. The van der Waals surface area contributed by atoms with E-state index in [2.05, 4.69) is 5.32 Å². The van der Waals surface area contributed by atoms with Crippen LogP contribution in [-0.4, -0.2) is 12.2 Å². The molecule has 104 valence electrons. The molecule has 0 aliphatic carbocycles. The Bertz CT molecular complexity index is 466. The van der Waals surface area contributed by atoms with Gasteiger partial charge in [-0.05, 0) is 38.0 Å². The van der Waals surface area contributed by atoms with Crippen LogP contribution < -0.4 is 5.32 Å². The van der Waals surface area contributed by atoms with Gasteiger partial charge >= 0.3 is 6.18 Å². The molecule has 0 fully saturated rings. The average Bonchev–Trinajstić information content (AvgIpc) is 2.30. The summed E-state index contributed by atoms with van der Waals surface area (Å²) in [6.45, 7) is 1.78. The van der Waals surface area contributed by atoms with Gasteiger partial charge in [-0.25, -0.2) is 0 Å². The van der Waals surface area contributed by atoms with Gasteiger partial charge in [0.05, 0.1) is 22.3 Å². The minimum atomic E-state index is -4.11. The summed E-state index contributed by atoms with van der Waals surface area (Å²) in [6.07, 6.45) is -4.46. The fraction of sp³-hybridized carbons (Fsp3) is 0.462. The van der Waals surface area contributed by atoms with Crippen molar-refractivity contribution in [2.75, 3.05) is 5.32 Å². The number of nitriles is 1. The van der Waals surface area contributed by atoms with Crippen LogP contribution in [0.2, 0.25) is 5.02 Å². The van der Waals surface area contributed by atoms with Gasteiger partial charge in [-0.1, -0.05) is 11.6 Å². The molecule has 0 amide bonds. The third-order valence-corrected chi connectivity index (χ3v) is 2.92. The van der Waals surface area contributed by atoms with Crippen LogP contribution in [0.1, 0.15) is 31.7 Å². The van der Waals surface area contributed by atoms with Crippen LogP contribution in [0, 0.1) is 11.3 Å². The van der Waals surface area contributed by atoms with Crippen molar-refractivity contribution in [1.29, 1.82) is 5.26 Å². The maximum Gasteiger partial charge on any atom is 0.389 e. The minimum Gasteiger partial charge on any atom is -0.381 e. The molecule has 1 unspecified atom stereocenters. The lowest BCUT2D eigenvalue weighted by Gasteiger charge is -2.17. The smallest absolute Gasteiger partial charge is 0.381 e. The van der Waals surface area contributed by atoms with Crippen molar-refractivity contribution in [3.63, 3.8) is 0 Å². The summed E-state index contributed by atoms with van der Waals surface area (Å²) in [4.78, 5) is 0. The quantitative estimate of drug-likeness (QED) is 0.850. The van der Waals surface area contributed by atoms with Crippen LogP contribution in [0.15, 0.2) is 18.2 Å². The fourth-order valence-corrected chi connectivity index (χ4v) is 1.82. The summed E-state index contributed by atoms with van der Waals surface area (Å²) >= 11 is 5.95. The van der Waals surface area contributed by atoms with Gasteiger partial charge in [0.1, 0.15) is 0 Å². The van der Waals surface area contributed by atoms with Crippen LogP contribution in [0.25, 0.3) is 0 Å². The molecule has 1 aromatic carbocycles. The topological polar surface area (TPSA) is 35.8 Å². The zero-order valence-electron chi connectivity index (χ0n) is 10.4. The molecule has 1 N–H and O–H groups in total. The Kier molecular flexibility index (Phi) is 5.49. The molecule has 0 aliphatic rings. The summed E-state index contributed by atoms with van der Waals surface area (Å²) < 4.78 is 36.1. The molecule has 1 atom stereocenters. The molecule has 0 bridgehead atoms. The van der Waals surface area contributed by atoms with Crippen LogP contribution in [-0.2, 0) is 0 Å². The summed E-state index contributed by atoms with van der Waals surface area (Å²) in [5.41, 5.74) is 1.02. The van der Waals surface area contributed by atoms with Gasteiger partial charge in [0, 0.05) is 12.5 Å². The van der Waals surface area contributed by atoms with Crippen molar-refractivity contribution < 1.29 is 13.2 Å². The number of rotatable bonds is 5. The van der Waals surface area contributed by atoms with E-state index in [1.54, 1.807) is 25.1 Å². The highest BCUT2D eigenvalue weighted by molar-refractivity contribution is 6.33. The second-order valence-corrected chi connectivity index (χ2v) is 4.77. The van der Waals surface area contributed by atoms with Gasteiger partial charge in [-0.3, -0.25) is 0 Å². The van der Waals surface area contributed by atoms with E-state index in [-0.39, 0.29) is 12.5 Å². The molecule has 0 aromatic heterocycles. The number of hydrogen-bond acceptors (Lipinski definition) is 2. The van der Waals surface area contributed by atoms with E-state index >= 15 is 0 Å². The van der Waals surface area contributed by atoms with Crippen molar-refractivity contribution in [1.82, 2.24) is 0 Å². The molecule has 1 aromatic rings.